The molecule has 1 unspecified atom stereocenters. The SMILES string of the molecule is COC(=O)c1sc(NCC2CCCN(C)C2)nc1Cl. The first kappa shape index (κ1) is 14.6. The van der Waals surface area contributed by atoms with Gasteiger partial charge in [0.15, 0.2) is 15.2 Å². The quantitative estimate of drug-likeness (QED) is 0.865. The van der Waals surface area contributed by atoms with Crippen LogP contribution >= 0.6 is 22.9 Å². The van der Waals surface area contributed by atoms with E-state index in [1.807, 2.05) is 0 Å². The molecule has 2 rings (SSSR count). The van der Waals surface area contributed by atoms with Gasteiger partial charge in [-0.3, -0.25) is 0 Å². The highest BCUT2D eigenvalue weighted by Crippen LogP contribution is 2.28. The third-order valence-corrected chi connectivity index (χ3v) is 4.60. The molecule has 5 nitrogen and oxygen atoms in total. The number of thiazole rings is 1. The van der Waals surface area contributed by atoms with Crippen LogP contribution in [-0.2, 0) is 4.74 Å². The molecule has 106 valence electrons. The molecule has 1 fully saturated rings. The lowest BCUT2D eigenvalue weighted by molar-refractivity contribution is 0.0606. The average molecular weight is 304 g/mol. The number of esters is 1. The summed E-state index contributed by atoms with van der Waals surface area (Å²) in [6, 6.07) is 0. The van der Waals surface area contributed by atoms with E-state index in [4.69, 9.17) is 11.6 Å². The van der Waals surface area contributed by atoms with Crippen LogP contribution in [-0.4, -0.2) is 49.6 Å². The average Bonchev–Trinajstić information content (AvgIpc) is 2.77. The number of aromatic nitrogens is 1. The molecule has 7 heteroatoms. The summed E-state index contributed by atoms with van der Waals surface area (Å²) in [5, 5.41) is 4.15. The molecule has 0 radical (unpaired) electrons. The van der Waals surface area contributed by atoms with Crippen molar-refractivity contribution < 1.29 is 9.53 Å². The van der Waals surface area contributed by atoms with E-state index in [1.54, 1.807) is 0 Å². The van der Waals surface area contributed by atoms with Crippen LogP contribution < -0.4 is 5.32 Å². The predicted molar refractivity (Wildman–Crippen MR) is 77.2 cm³/mol. The number of nitrogens with zero attached hydrogens (tertiary/aromatic N) is 2. The Morgan fingerprint density at radius 1 is 1.68 bits per heavy atom. The molecular weight excluding hydrogens is 286 g/mol. The van der Waals surface area contributed by atoms with Crippen LogP contribution in [0.3, 0.4) is 0 Å². The van der Waals surface area contributed by atoms with Gasteiger partial charge in [0.25, 0.3) is 0 Å². The summed E-state index contributed by atoms with van der Waals surface area (Å²) in [7, 11) is 3.48. The van der Waals surface area contributed by atoms with Crippen LogP contribution in [0.5, 0.6) is 0 Å². The molecule has 0 aliphatic carbocycles. The normalized spacial score (nSPS) is 20.3. The Morgan fingerprint density at radius 3 is 3.16 bits per heavy atom. The van der Waals surface area contributed by atoms with Gasteiger partial charge in [0, 0.05) is 13.1 Å². The lowest BCUT2D eigenvalue weighted by Crippen LogP contribution is -2.35. The van der Waals surface area contributed by atoms with Crippen molar-refractivity contribution in [1.29, 1.82) is 0 Å². The first-order valence-corrected chi connectivity index (χ1v) is 7.46. The van der Waals surface area contributed by atoms with E-state index in [0.717, 1.165) is 13.1 Å². The molecule has 0 bridgehead atoms. The smallest absolute Gasteiger partial charge is 0.351 e. The van der Waals surface area contributed by atoms with E-state index in [-0.39, 0.29) is 5.15 Å². The number of ether oxygens (including phenoxy) is 1. The van der Waals surface area contributed by atoms with E-state index in [9.17, 15) is 4.79 Å². The summed E-state index contributed by atoms with van der Waals surface area (Å²) in [4.78, 5) is 18.3. The standard InChI is InChI=1S/C12H18ClN3O2S/c1-16-5-3-4-8(7-16)6-14-12-15-10(13)9(19-12)11(17)18-2/h8H,3-7H2,1-2H3,(H,14,15). The Balaban J connectivity index is 1.91. The number of anilines is 1. The predicted octanol–water partition coefficient (Wildman–Crippen LogP) is 2.34. The minimum absolute atomic E-state index is 0.208. The molecule has 1 saturated heterocycles. The summed E-state index contributed by atoms with van der Waals surface area (Å²) in [6.07, 6.45) is 2.45. The van der Waals surface area contributed by atoms with Crippen molar-refractivity contribution >= 4 is 34.0 Å². The van der Waals surface area contributed by atoms with E-state index >= 15 is 0 Å². The Labute approximate surface area is 121 Å². The molecule has 0 aromatic carbocycles. The summed E-state index contributed by atoms with van der Waals surface area (Å²) >= 11 is 7.15. The van der Waals surface area contributed by atoms with Crippen molar-refractivity contribution in [1.82, 2.24) is 9.88 Å². The summed E-state index contributed by atoms with van der Waals surface area (Å²) < 4.78 is 4.65. The number of nitrogens with one attached hydrogen (secondary N) is 1. The fraction of sp³-hybridized carbons (Fsp3) is 0.667. The highest BCUT2D eigenvalue weighted by atomic mass is 35.5. The number of hydrogen-bond donors (Lipinski definition) is 1. The van der Waals surface area contributed by atoms with Gasteiger partial charge >= 0.3 is 5.97 Å². The number of halogens is 1. The number of carbonyl (C=O) groups excluding carboxylic acids is 1. The third kappa shape index (κ3) is 3.81. The van der Waals surface area contributed by atoms with E-state index in [1.165, 1.54) is 37.8 Å². The highest BCUT2D eigenvalue weighted by molar-refractivity contribution is 7.18. The van der Waals surface area contributed by atoms with Crippen LogP contribution in [0.2, 0.25) is 5.15 Å². The van der Waals surface area contributed by atoms with Gasteiger partial charge in [-0.2, -0.15) is 0 Å². The molecular formula is C12H18ClN3O2S. The minimum atomic E-state index is -0.437. The molecule has 1 aliphatic heterocycles. The van der Waals surface area contributed by atoms with E-state index in [0.29, 0.717) is 15.9 Å². The molecule has 1 aromatic rings. The second kappa shape index (κ2) is 6.54. The highest BCUT2D eigenvalue weighted by Gasteiger charge is 2.20. The van der Waals surface area contributed by atoms with Crippen molar-refractivity contribution in [3.63, 3.8) is 0 Å². The maximum atomic E-state index is 11.4. The lowest BCUT2D eigenvalue weighted by Gasteiger charge is -2.29. The molecule has 2 heterocycles. The summed E-state index contributed by atoms with van der Waals surface area (Å²) in [5.74, 6) is 0.177. The maximum Gasteiger partial charge on any atom is 0.351 e. The molecule has 0 saturated carbocycles. The van der Waals surface area contributed by atoms with Crippen LogP contribution in [0.1, 0.15) is 22.5 Å². The zero-order chi connectivity index (χ0) is 13.8. The van der Waals surface area contributed by atoms with E-state index < -0.39 is 5.97 Å². The van der Waals surface area contributed by atoms with Crippen LogP contribution in [0, 0.1) is 5.92 Å². The zero-order valence-electron chi connectivity index (χ0n) is 11.1. The Hall–Kier alpha value is -0.850. The molecule has 1 aliphatic rings. The largest absolute Gasteiger partial charge is 0.465 e. The maximum absolute atomic E-state index is 11.4. The summed E-state index contributed by atoms with van der Waals surface area (Å²) in [5.41, 5.74) is 0. The third-order valence-electron chi connectivity index (χ3n) is 3.22. The van der Waals surface area contributed by atoms with Crippen molar-refractivity contribution in [2.24, 2.45) is 5.92 Å². The van der Waals surface area contributed by atoms with Crippen LogP contribution in [0.15, 0.2) is 0 Å². The molecule has 1 atom stereocenters. The minimum Gasteiger partial charge on any atom is -0.465 e. The molecule has 1 aromatic heterocycles. The second-order valence-corrected chi connectivity index (χ2v) is 6.14. The number of rotatable bonds is 4. The molecule has 1 N–H and O–H groups in total. The Bertz CT molecular complexity index is 452. The van der Waals surface area contributed by atoms with Gasteiger partial charge in [0.05, 0.1) is 7.11 Å². The number of likely N-dealkylation sites (tertiary alicyclic amines) is 1. The van der Waals surface area contributed by atoms with Gasteiger partial charge < -0.3 is 15.0 Å². The summed E-state index contributed by atoms with van der Waals surface area (Å²) in [6.45, 7) is 3.12. The lowest BCUT2D eigenvalue weighted by atomic mass is 9.99. The molecule has 0 spiro atoms. The zero-order valence-corrected chi connectivity index (χ0v) is 12.7. The second-order valence-electron chi connectivity index (χ2n) is 4.78. The topological polar surface area (TPSA) is 54.5 Å². The van der Waals surface area contributed by atoms with Gasteiger partial charge in [0.1, 0.15) is 0 Å². The van der Waals surface area contributed by atoms with Gasteiger partial charge in [0.2, 0.25) is 0 Å². The fourth-order valence-electron chi connectivity index (χ4n) is 2.27. The van der Waals surface area contributed by atoms with Gasteiger partial charge in [-0.15, -0.1) is 0 Å². The van der Waals surface area contributed by atoms with Crippen molar-refractivity contribution in [3.05, 3.63) is 10.0 Å². The Morgan fingerprint density at radius 2 is 2.47 bits per heavy atom. The van der Waals surface area contributed by atoms with Crippen LogP contribution in [0.25, 0.3) is 0 Å². The number of piperidine rings is 1. The van der Waals surface area contributed by atoms with Crippen LogP contribution in [0.4, 0.5) is 5.13 Å². The first-order chi connectivity index (χ1) is 9.10. The van der Waals surface area contributed by atoms with Crippen molar-refractivity contribution in [2.75, 3.05) is 39.1 Å². The number of methoxy groups -OCH3 is 1. The van der Waals surface area contributed by atoms with Crippen molar-refractivity contribution in [2.45, 2.75) is 12.8 Å². The van der Waals surface area contributed by atoms with Crippen molar-refractivity contribution in [3.8, 4) is 0 Å². The van der Waals surface area contributed by atoms with E-state index in [2.05, 4.69) is 27.0 Å². The first-order valence-electron chi connectivity index (χ1n) is 6.27. The van der Waals surface area contributed by atoms with Gasteiger partial charge in [-0.1, -0.05) is 22.9 Å². The number of hydrogen-bond acceptors (Lipinski definition) is 6. The van der Waals surface area contributed by atoms with Gasteiger partial charge in [-0.05, 0) is 32.4 Å². The van der Waals surface area contributed by atoms with Gasteiger partial charge in [-0.25, -0.2) is 9.78 Å². The molecule has 19 heavy (non-hydrogen) atoms. The fourth-order valence-corrected chi connectivity index (χ4v) is 3.38. The monoisotopic (exact) mass is 303 g/mol. The number of carbonyl (C=O) groups is 1. The molecule has 0 amide bonds. The Kier molecular flexibility index (Phi) is 5.01.